The Kier molecular flexibility index (Phi) is 9.74. The Labute approximate surface area is 217 Å². The van der Waals surface area contributed by atoms with Crippen molar-refractivity contribution in [2.45, 2.75) is 60.9 Å². The smallest absolute Gasteiger partial charge is 0.263 e. The van der Waals surface area contributed by atoms with Crippen LogP contribution in [0, 0.1) is 0 Å². The third kappa shape index (κ3) is 7.13. The molecule has 2 saturated heterocycles. The maximum Gasteiger partial charge on any atom is 0.263 e. The molecule has 1 N–H and O–H groups in total. The van der Waals surface area contributed by atoms with Crippen LogP contribution in [0.25, 0.3) is 0 Å². The number of ether oxygens (including phenoxy) is 3. The van der Waals surface area contributed by atoms with E-state index in [2.05, 4.69) is 33.5 Å². The van der Waals surface area contributed by atoms with Gasteiger partial charge in [-0.05, 0) is 80.5 Å². The molecule has 0 aliphatic carbocycles. The Morgan fingerprint density at radius 2 is 1.91 bits per heavy atom. The standard InChI is InChI=1S/C26H32BrNO6S/c27-21-7-3-5-20(19-21)6-4-16-32-22-9-11-23(12-10-22)35(30)26(13-17-31-18-14-26)25(29)28-34-24-8-1-2-15-33-24/h3,5,7,9-12,19,24H,1-2,4,6,8,13-18H2,(H,28,29). The number of amides is 1. The van der Waals surface area contributed by atoms with Crippen molar-refractivity contribution in [2.75, 3.05) is 26.4 Å². The molecule has 0 radical (unpaired) electrons. The molecule has 2 aliphatic rings. The summed E-state index contributed by atoms with van der Waals surface area (Å²) in [4.78, 5) is 19.3. The van der Waals surface area contributed by atoms with Gasteiger partial charge in [0.1, 0.15) is 10.5 Å². The van der Waals surface area contributed by atoms with Gasteiger partial charge in [0.15, 0.2) is 6.29 Å². The molecule has 2 aliphatic heterocycles. The molecule has 7 nitrogen and oxygen atoms in total. The van der Waals surface area contributed by atoms with Crippen molar-refractivity contribution in [1.29, 1.82) is 0 Å². The van der Waals surface area contributed by atoms with Crippen molar-refractivity contribution in [2.24, 2.45) is 0 Å². The zero-order chi connectivity index (χ0) is 24.5. The molecule has 2 unspecified atom stereocenters. The van der Waals surface area contributed by atoms with Gasteiger partial charge < -0.3 is 14.2 Å². The molecule has 190 valence electrons. The first kappa shape index (κ1) is 26.3. The maximum atomic E-state index is 13.6. The van der Waals surface area contributed by atoms with E-state index < -0.39 is 21.8 Å². The Balaban J connectivity index is 1.33. The number of carbonyl (C=O) groups excluding carboxylic acids is 1. The van der Waals surface area contributed by atoms with Crippen LogP contribution in [0.5, 0.6) is 5.75 Å². The molecule has 1 amide bonds. The molecular formula is C26H32BrNO6S. The van der Waals surface area contributed by atoms with E-state index in [1.165, 1.54) is 5.56 Å². The number of hydrogen-bond acceptors (Lipinski definition) is 6. The van der Waals surface area contributed by atoms with Crippen LogP contribution < -0.4 is 10.2 Å². The SMILES string of the molecule is O=C(NOC1CCCCO1)C1(S(=O)c2ccc(OCCCc3cccc(Br)c3)cc2)CCOCC1. The summed E-state index contributed by atoms with van der Waals surface area (Å²) in [5.41, 5.74) is 3.79. The van der Waals surface area contributed by atoms with Gasteiger partial charge >= 0.3 is 0 Å². The van der Waals surface area contributed by atoms with Gasteiger partial charge in [-0.1, -0.05) is 28.1 Å². The molecule has 0 aromatic heterocycles. The van der Waals surface area contributed by atoms with Gasteiger partial charge in [-0.3, -0.25) is 9.00 Å². The van der Waals surface area contributed by atoms with Crippen LogP contribution in [0.2, 0.25) is 0 Å². The Morgan fingerprint density at radius 1 is 1.11 bits per heavy atom. The van der Waals surface area contributed by atoms with Crippen molar-refractivity contribution in [1.82, 2.24) is 5.48 Å². The first-order valence-corrected chi connectivity index (χ1v) is 14.1. The van der Waals surface area contributed by atoms with E-state index >= 15 is 0 Å². The van der Waals surface area contributed by atoms with Crippen LogP contribution in [0.4, 0.5) is 0 Å². The Morgan fingerprint density at radius 3 is 2.63 bits per heavy atom. The number of hydroxylamine groups is 1. The molecule has 2 aromatic carbocycles. The fraction of sp³-hybridized carbons (Fsp3) is 0.500. The van der Waals surface area contributed by atoms with Crippen molar-refractivity contribution >= 4 is 32.6 Å². The molecule has 0 saturated carbocycles. The quantitative estimate of drug-likeness (QED) is 0.332. The third-order valence-corrected chi connectivity index (χ3v) is 8.79. The lowest BCUT2D eigenvalue weighted by molar-refractivity contribution is -0.202. The van der Waals surface area contributed by atoms with Gasteiger partial charge in [-0.25, -0.2) is 10.3 Å². The van der Waals surface area contributed by atoms with E-state index in [0.717, 1.165) is 36.6 Å². The number of aryl methyl sites for hydroxylation is 1. The molecule has 0 bridgehead atoms. The van der Waals surface area contributed by atoms with E-state index in [9.17, 15) is 9.00 Å². The summed E-state index contributed by atoms with van der Waals surface area (Å²) >= 11 is 3.49. The zero-order valence-corrected chi connectivity index (χ0v) is 22.1. The molecule has 0 spiro atoms. The summed E-state index contributed by atoms with van der Waals surface area (Å²) in [6.45, 7) is 1.94. The summed E-state index contributed by atoms with van der Waals surface area (Å²) in [6.07, 6.45) is 4.77. The summed E-state index contributed by atoms with van der Waals surface area (Å²) in [7, 11) is -1.58. The summed E-state index contributed by atoms with van der Waals surface area (Å²) in [5.74, 6) is 0.324. The van der Waals surface area contributed by atoms with Crippen LogP contribution >= 0.6 is 15.9 Å². The molecule has 2 atom stereocenters. The highest BCUT2D eigenvalue weighted by atomic mass is 79.9. The molecule has 9 heteroatoms. The highest BCUT2D eigenvalue weighted by molar-refractivity contribution is 9.10. The van der Waals surface area contributed by atoms with Crippen LogP contribution in [0.1, 0.15) is 44.1 Å². The first-order valence-electron chi connectivity index (χ1n) is 12.1. The minimum atomic E-state index is -1.58. The summed E-state index contributed by atoms with van der Waals surface area (Å²) in [6, 6.07) is 15.4. The van der Waals surface area contributed by atoms with Crippen molar-refractivity contribution < 1.29 is 28.1 Å². The fourth-order valence-corrected chi connectivity index (χ4v) is 6.29. The van der Waals surface area contributed by atoms with E-state index in [1.807, 2.05) is 24.3 Å². The maximum absolute atomic E-state index is 13.6. The molecule has 4 rings (SSSR count). The second-order valence-electron chi connectivity index (χ2n) is 8.77. The topological polar surface area (TPSA) is 83.1 Å². The van der Waals surface area contributed by atoms with E-state index in [0.29, 0.717) is 49.9 Å². The predicted molar refractivity (Wildman–Crippen MR) is 136 cm³/mol. The minimum absolute atomic E-state index is 0.355. The second kappa shape index (κ2) is 13.0. The number of carbonyl (C=O) groups is 1. The number of benzene rings is 2. The number of nitrogens with one attached hydrogen (secondary N) is 1. The van der Waals surface area contributed by atoms with Gasteiger partial charge in [-0.2, -0.15) is 0 Å². The molecular weight excluding hydrogens is 534 g/mol. The van der Waals surface area contributed by atoms with Crippen LogP contribution in [-0.4, -0.2) is 47.6 Å². The first-order chi connectivity index (χ1) is 17.1. The lowest BCUT2D eigenvalue weighted by atomic mass is 9.98. The van der Waals surface area contributed by atoms with Crippen LogP contribution in [0.15, 0.2) is 57.9 Å². The normalized spacial score (nSPS) is 20.7. The van der Waals surface area contributed by atoms with Gasteiger partial charge in [0.25, 0.3) is 5.91 Å². The Bertz CT molecular complexity index is 990. The third-order valence-electron chi connectivity index (χ3n) is 6.30. The monoisotopic (exact) mass is 565 g/mol. The van der Waals surface area contributed by atoms with Crippen molar-refractivity contribution in [3.8, 4) is 5.75 Å². The fourth-order valence-electron chi connectivity index (χ4n) is 4.26. The Hall–Kier alpha value is -1.78. The zero-order valence-electron chi connectivity index (χ0n) is 19.7. The summed E-state index contributed by atoms with van der Waals surface area (Å²) in [5, 5.41) is 0. The number of rotatable bonds is 10. The largest absolute Gasteiger partial charge is 0.494 e. The summed E-state index contributed by atoms with van der Waals surface area (Å²) < 4.78 is 30.5. The predicted octanol–water partition coefficient (Wildman–Crippen LogP) is 4.69. The molecule has 35 heavy (non-hydrogen) atoms. The average molecular weight is 567 g/mol. The van der Waals surface area contributed by atoms with Crippen molar-refractivity contribution in [3.05, 3.63) is 58.6 Å². The lowest BCUT2D eigenvalue weighted by Gasteiger charge is -2.35. The van der Waals surface area contributed by atoms with E-state index in [-0.39, 0.29) is 5.91 Å². The highest BCUT2D eigenvalue weighted by Gasteiger charge is 2.47. The van der Waals surface area contributed by atoms with E-state index in [4.69, 9.17) is 19.0 Å². The minimum Gasteiger partial charge on any atom is -0.494 e. The van der Waals surface area contributed by atoms with Gasteiger partial charge in [0.2, 0.25) is 0 Å². The molecule has 2 fully saturated rings. The van der Waals surface area contributed by atoms with Gasteiger partial charge in [0.05, 0.1) is 17.4 Å². The van der Waals surface area contributed by atoms with Crippen LogP contribution in [-0.2, 0) is 36.3 Å². The van der Waals surface area contributed by atoms with Gasteiger partial charge in [0, 0.05) is 35.6 Å². The average Bonchev–Trinajstić information content (AvgIpc) is 2.91. The highest BCUT2D eigenvalue weighted by Crippen LogP contribution is 2.33. The molecule has 2 heterocycles. The second-order valence-corrected chi connectivity index (χ2v) is 11.5. The number of hydrogen-bond donors (Lipinski definition) is 1. The van der Waals surface area contributed by atoms with Crippen molar-refractivity contribution in [3.63, 3.8) is 0 Å². The number of halogens is 1. The van der Waals surface area contributed by atoms with Gasteiger partial charge in [-0.15, -0.1) is 0 Å². The molecule has 2 aromatic rings. The lowest BCUT2D eigenvalue weighted by Crippen LogP contribution is -2.54. The van der Waals surface area contributed by atoms with Crippen LogP contribution in [0.3, 0.4) is 0 Å². The van der Waals surface area contributed by atoms with E-state index in [1.54, 1.807) is 12.1 Å².